The zero-order chi connectivity index (χ0) is 15.3. The number of carbonyl (C=O) groups is 2. The number of H-pyrrole nitrogens is 1. The second-order valence-corrected chi connectivity index (χ2v) is 3.81. The molecule has 2 amide bonds. The smallest absolute Gasteiger partial charge is 0.406 e. The molecule has 1 rings (SSSR count). The third kappa shape index (κ3) is 5.07. The number of nitrogens with zero attached hydrogens (tertiary/aromatic N) is 4. The molecule has 1 atom stereocenters. The predicted octanol–water partition coefficient (Wildman–Crippen LogP) is -0.0808. The lowest BCUT2D eigenvalue weighted by molar-refractivity contribution is -0.149. The lowest BCUT2D eigenvalue weighted by Gasteiger charge is -2.23. The third-order valence-electron chi connectivity index (χ3n) is 2.07. The Balaban J connectivity index is 2.70. The van der Waals surface area contributed by atoms with E-state index < -0.39 is 37.3 Å². The Hall–Kier alpha value is -2.40. The SMILES string of the molecule is CC(NC(=O)N(CC(=O)O)CC(F)(F)F)c1nn[nH]n1. The Morgan fingerprint density at radius 1 is 1.50 bits per heavy atom. The summed E-state index contributed by atoms with van der Waals surface area (Å²) in [6, 6.07) is -2.02. The molecule has 12 heteroatoms. The number of halogens is 3. The number of aromatic amines is 1. The van der Waals surface area contributed by atoms with Crippen LogP contribution in [-0.4, -0.2) is 61.9 Å². The van der Waals surface area contributed by atoms with Gasteiger partial charge in [0.1, 0.15) is 13.1 Å². The number of carboxylic acids is 1. The van der Waals surface area contributed by atoms with Crippen LogP contribution in [0.4, 0.5) is 18.0 Å². The summed E-state index contributed by atoms with van der Waals surface area (Å²) >= 11 is 0. The third-order valence-corrected chi connectivity index (χ3v) is 2.07. The minimum absolute atomic E-state index is 0.0561. The molecule has 112 valence electrons. The monoisotopic (exact) mass is 296 g/mol. The van der Waals surface area contributed by atoms with E-state index in [2.05, 4.69) is 25.9 Å². The first-order valence-electron chi connectivity index (χ1n) is 5.26. The first-order chi connectivity index (χ1) is 9.19. The van der Waals surface area contributed by atoms with Gasteiger partial charge in [-0.05, 0) is 6.92 Å². The van der Waals surface area contributed by atoms with Gasteiger partial charge in [0, 0.05) is 0 Å². The highest BCUT2D eigenvalue weighted by Crippen LogP contribution is 2.17. The van der Waals surface area contributed by atoms with Crippen molar-refractivity contribution < 1.29 is 27.9 Å². The number of urea groups is 1. The maximum Gasteiger partial charge on any atom is 0.406 e. The van der Waals surface area contributed by atoms with Crippen molar-refractivity contribution >= 4 is 12.0 Å². The number of carbonyl (C=O) groups excluding carboxylic acids is 1. The predicted molar refractivity (Wildman–Crippen MR) is 56.4 cm³/mol. The average Bonchev–Trinajstić information content (AvgIpc) is 2.78. The highest BCUT2D eigenvalue weighted by molar-refractivity contribution is 5.80. The summed E-state index contributed by atoms with van der Waals surface area (Å²) in [5.41, 5.74) is 0. The van der Waals surface area contributed by atoms with Crippen LogP contribution in [0.15, 0.2) is 0 Å². The normalized spacial score (nSPS) is 12.8. The maximum absolute atomic E-state index is 12.3. The van der Waals surface area contributed by atoms with Crippen LogP contribution in [0.3, 0.4) is 0 Å². The van der Waals surface area contributed by atoms with E-state index in [-0.39, 0.29) is 10.7 Å². The number of tetrazole rings is 1. The maximum atomic E-state index is 12.3. The van der Waals surface area contributed by atoms with Crippen LogP contribution in [0.1, 0.15) is 18.8 Å². The fourth-order valence-corrected chi connectivity index (χ4v) is 1.27. The molecule has 0 bridgehead atoms. The quantitative estimate of drug-likeness (QED) is 0.698. The van der Waals surface area contributed by atoms with Crippen LogP contribution in [0.25, 0.3) is 0 Å². The number of amides is 2. The fraction of sp³-hybridized carbons (Fsp3) is 0.625. The molecular weight excluding hydrogens is 285 g/mol. The molecule has 3 N–H and O–H groups in total. The van der Waals surface area contributed by atoms with Gasteiger partial charge >= 0.3 is 18.2 Å². The van der Waals surface area contributed by atoms with Crippen LogP contribution in [0.5, 0.6) is 0 Å². The van der Waals surface area contributed by atoms with Crippen molar-refractivity contribution in [2.24, 2.45) is 0 Å². The van der Waals surface area contributed by atoms with Crippen LogP contribution < -0.4 is 5.32 Å². The van der Waals surface area contributed by atoms with Gasteiger partial charge in [-0.15, -0.1) is 10.2 Å². The van der Waals surface area contributed by atoms with Gasteiger partial charge in [-0.3, -0.25) is 4.79 Å². The molecule has 0 radical (unpaired) electrons. The van der Waals surface area contributed by atoms with Gasteiger partial charge in [0.05, 0.1) is 6.04 Å². The van der Waals surface area contributed by atoms with E-state index in [0.29, 0.717) is 0 Å². The minimum atomic E-state index is -4.71. The Kier molecular flexibility index (Phi) is 4.83. The zero-order valence-corrected chi connectivity index (χ0v) is 10.2. The molecule has 0 spiro atoms. The van der Waals surface area contributed by atoms with Crippen molar-refractivity contribution in [3.63, 3.8) is 0 Å². The molecule has 0 saturated carbocycles. The molecule has 1 unspecified atom stereocenters. The van der Waals surface area contributed by atoms with Gasteiger partial charge in [-0.2, -0.15) is 18.4 Å². The Bertz CT molecular complexity index is 463. The average molecular weight is 296 g/mol. The van der Waals surface area contributed by atoms with Crippen LogP contribution >= 0.6 is 0 Å². The standard InChI is InChI=1S/C8H11F3N6O3/c1-4(6-13-15-16-14-6)12-7(20)17(2-5(18)19)3-8(9,10)11/h4H,2-3H2,1H3,(H,12,20)(H,18,19)(H,13,14,15,16). The number of hydrogen-bond acceptors (Lipinski definition) is 5. The Labute approximate surface area is 110 Å². The topological polar surface area (TPSA) is 124 Å². The number of hydrogen-bond donors (Lipinski definition) is 3. The van der Waals surface area contributed by atoms with Crippen LogP contribution in [0, 0.1) is 0 Å². The summed E-state index contributed by atoms with van der Waals surface area (Å²) in [5.74, 6) is -1.50. The fourth-order valence-electron chi connectivity index (χ4n) is 1.27. The second-order valence-electron chi connectivity index (χ2n) is 3.81. The Morgan fingerprint density at radius 2 is 2.15 bits per heavy atom. The lowest BCUT2D eigenvalue weighted by atomic mass is 10.3. The highest BCUT2D eigenvalue weighted by atomic mass is 19.4. The number of aliphatic carboxylic acids is 1. The summed E-state index contributed by atoms with van der Waals surface area (Å²) in [7, 11) is 0. The van der Waals surface area contributed by atoms with E-state index in [1.807, 2.05) is 0 Å². The van der Waals surface area contributed by atoms with E-state index in [1.165, 1.54) is 6.92 Å². The van der Waals surface area contributed by atoms with Crippen molar-refractivity contribution in [2.45, 2.75) is 19.1 Å². The lowest BCUT2D eigenvalue weighted by Crippen LogP contribution is -2.47. The van der Waals surface area contributed by atoms with E-state index in [0.717, 1.165) is 0 Å². The van der Waals surface area contributed by atoms with E-state index in [1.54, 1.807) is 0 Å². The van der Waals surface area contributed by atoms with Gasteiger partial charge < -0.3 is 15.3 Å². The van der Waals surface area contributed by atoms with Gasteiger partial charge in [0.15, 0.2) is 5.82 Å². The first kappa shape index (κ1) is 15.7. The molecule has 1 aromatic heterocycles. The Morgan fingerprint density at radius 3 is 2.60 bits per heavy atom. The van der Waals surface area contributed by atoms with Crippen molar-refractivity contribution in [2.75, 3.05) is 13.1 Å². The van der Waals surface area contributed by atoms with E-state index in [4.69, 9.17) is 5.11 Å². The minimum Gasteiger partial charge on any atom is -0.480 e. The molecule has 0 fully saturated rings. The molecule has 20 heavy (non-hydrogen) atoms. The molecular formula is C8H11F3N6O3. The number of carboxylic acid groups (broad SMARTS) is 1. The summed E-state index contributed by atoms with van der Waals surface area (Å²) < 4.78 is 36.8. The summed E-state index contributed by atoms with van der Waals surface area (Å²) in [4.78, 5) is 22.2. The molecule has 1 aromatic rings. The molecule has 0 saturated heterocycles. The van der Waals surface area contributed by atoms with Crippen molar-refractivity contribution in [1.29, 1.82) is 0 Å². The molecule has 0 aliphatic carbocycles. The van der Waals surface area contributed by atoms with Crippen molar-refractivity contribution in [1.82, 2.24) is 30.8 Å². The van der Waals surface area contributed by atoms with Crippen LogP contribution in [-0.2, 0) is 4.79 Å². The summed E-state index contributed by atoms with van der Waals surface area (Å²) in [6.07, 6.45) is -4.71. The van der Waals surface area contributed by atoms with Gasteiger partial charge in [-0.25, -0.2) is 4.79 Å². The molecule has 1 heterocycles. The highest BCUT2D eigenvalue weighted by Gasteiger charge is 2.34. The molecule has 0 aromatic carbocycles. The number of aromatic nitrogens is 4. The van der Waals surface area contributed by atoms with Crippen molar-refractivity contribution in [3.8, 4) is 0 Å². The zero-order valence-electron chi connectivity index (χ0n) is 10.2. The number of alkyl halides is 3. The van der Waals surface area contributed by atoms with E-state index >= 15 is 0 Å². The largest absolute Gasteiger partial charge is 0.480 e. The molecule has 9 nitrogen and oxygen atoms in total. The number of rotatable bonds is 5. The first-order valence-corrected chi connectivity index (χ1v) is 5.26. The summed E-state index contributed by atoms with van der Waals surface area (Å²) in [5, 5.41) is 23.1. The summed E-state index contributed by atoms with van der Waals surface area (Å²) in [6.45, 7) is -1.34. The van der Waals surface area contributed by atoms with Gasteiger partial charge in [-0.1, -0.05) is 5.21 Å². The van der Waals surface area contributed by atoms with Gasteiger partial charge in [0.25, 0.3) is 0 Å². The van der Waals surface area contributed by atoms with Gasteiger partial charge in [0.2, 0.25) is 0 Å². The number of nitrogens with one attached hydrogen (secondary N) is 2. The second kappa shape index (κ2) is 6.16. The van der Waals surface area contributed by atoms with Crippen molar-refractivity contribution in [3.05, 3.63) is 5.82 Å². The van der Waals surface area contributed by atoms with E-state index in [9.17, 15) is 22.8 Å². The molecule has 0 aliphatic heterocycles. The molecule has 0 aliphatic rings. The van der Waals surface area contributed by atoms with Crippen LogP contribution in [0.2, 0.25) is 0 Å².